The second kappa shape index (κ2) is 7.31. The molecule has 0 saturated heterocycles. The Hall–Kier alpha value is -2.30. The molecule has 1 heterocycles. The van der Waals surface area contributed by atoms with Crippen LogP contribution in [0.25, 0.3) is 0 Å². The highest BCUT2D eigenvalue weighted by Gasteiger charge is 2.23. The number of aromatic nitrogens is 2. The third kappa shape index (κ3) is 4.12. The molecule has 0 radical (unpaired) electrons. The molecule has 122 valence electrons. The molecular formula is C18H24N4O. The Bertz CT molecular complexity index is 629. The molecular weight excluding hydrogens is 288 g/mol. The number of rotatable bonds is 4. The Morgan fingerprint density at radius 2 is 1.96 bits per heavy atom. The summed E-state index contributed by atoms with van der Waals surface area (Å²) in [6.45, 7) is 2.46. The van der Waals surface area contributed by atoms with Gasteiger partial charge in [-0.25, -0.2) is 4.79 Å². The highest BCUT2D eigenvalue weighted by molar-refractivity contribution is 5.74. The van der Waals surface area contributed by atoms with E-state index in [1.54, 1.807) is 6.20 Å². The van der Waals surface area contributed by atoms with Crippen molar-refractivity contribution in [2.24, 2.45) is 0 Å². The van der Waals surface area contributed by atoms with Gasteiger partial charge in [0, 0.05) is 23.8 Å². The van der Waals surface area contributed by atoms with Gasteiger partial charge in [-0.3, -0.25) is 5.10 Å². The zero-order valence-corrected chi connectivity index (χ0v) is 13.5. The van der Waals surface area contributed by atoms with E-state index in [1.165, 1.54) is 5.56 Å². The standard InChI is InChI=1S/C18H24N4O/c1-13-16(12-20-22-13)11-19-18(23)21-17-9-7-15(8-10-17)14-5-3-2-4-6-14/h2-6,12,15,17H,7-11H2,1H3,(H,20,22)(H2,19,21,23). The lowest BCUT2D eigenvalue weighted by molar-refractivity contribution is 0.231. The van der Waals surface area contributed by atoms with Crippen LogP contribution in [0, 0.1) is 6.92 Å². The fourth-order valence-electron chi connectivity index (χ4n) is 3.26. The molecule has 1 aliphatic carbocycles. The van der Waals surface area contributed by atoms with E-state index < -0.39 is 0 Å². The van der Waals surface area contributed by atoms with E-state index in [0.717, 1.165) is 36.9 Å². The first-order valence-corrected chi connectivity index (χ1v) is 8.30. The van der Waals surface area contributed by atoms with Gasteiger partial charge in [0.1, 0.15) is 0 Å². The van der Waals surface area contributed by atoms with Crippen LogP contribution in [0.4, 0.5) is 4.79 Å². The molecule has 0 bridgehead atoms. The highest BCUT2D eigenvalue weighted by atomic mass is 16.2. The fraction of sp³-hybridized carbons (Fsp3) is 0.444. The third-order valence-corrected chi connectivity index (χ3v) is 4.71. The SMILES string of the molecule is Cc1[nH]ncc1CNC(=O)NC1CCC(c2ccccc2)CC1. The summed E-state index contributed by atoms with van der Waals surface area (Å²) in [5, 5.41) is 12.8. The molecule has 1 aliphatic rings. The minimum absolute atomic E-state index is 0.0891. The Balaban J connectivity index is 1.42. The van der Waals surface area contributed by atoms with Gasteiger partial charge in [0.15, 0.2) is 0 Å². The third-order valence-electron chi connectivity index (χ3n) is 4.71. The quantitative estimate of drug-likeness (QED) is 0.811. The highest BCUT2D eigenvalue weighted by Crippen LogP contribution is 2.32. The van der Waals surface area contributed by atoms with Crippen LogP contribution in [-0.4, -0.2) is 22.3 Å². The molecule has 1 aromatic carbocycles. The van der Waals surface area contributed by atoms with Crippen LogP contribution >= 0.6 is 0 Å². The molecule has 0 unspecified atom stereocenters. The van der Waals surface area contributed by atoms with Crippen molar-refractivity contribution in [1.82, 2.24) is 20.8 Å². The Morgan fingerprint density at radius 3 is 2.61 bits per heavy atom. The second-order valence-electron chi connectivity index (χ2n) is 6.31. The maximum absolute atomic E-state index is 12.0. The number of hydrogen-bond donors (Lipinski definition) is 3. The number of carbonyl (C=O) groups is 1. The zero-order valence-electron chi connectivity index (χ0n) is 13.5. The first kappa shape index (κ1) is 15.6. The van der Waals surface area contributed by atoms with Crippen LogP contribution in [0.3, 0.4) is 0 Å². The monoisotopic (exact) mass is 312 g/mol. The molecule has 1 fully saturated rings. The number of carbonyl (C=O) groups excluding carboxylic acids is 1. The molecule has 0 spiro atoms. The van der Waals surface area contributed by atoms with E-state index in [9.17, 15) is 4.79 Å². The van der Waals surface area contributed by atoms with Crippen LogP contribution in [0.15, 0.2) is 36.5 Å². The number of nitrogens with zero attached hydrogens (tertiary/aromatic N) is 1. The van der Waals surface area contributed by atoms with Gasteiger partial charge in [-0.1, -0.05) is 30.3 Å². The predicted octanol–water partition coefficient (Wildman–Crippen LogP) is 3.24. The summed E-state index contributed by atoms with van der Waals surface area (Å²) >= 11 is 0. The zero-order chi connectivity index (χ0) is 16.1. The van der Waals surface area contributed by atoms with Crippen molar-refractivity contribution in [2.75, 3.05) is 0 Å². The first-order chi connectivity index (χ1) is 11.2. The second-order valence-corrected chi connectivity index (χ2v) is 6.31. The van der Waals surface area contributed by atoms with Gasteiger partial charge in [-0.2, -0.15) is 5.10 Å². The van der Waals surface area contributed by atoms with Crippen molar-refractivity contribution in [2.45, 2.75) is 51.1 Å². The Labute approximate surface area is 136 Å². The van der Waals surface area contributed by atoms with Crippen LogP contribution < -0.4 is 10.6 Å². The molecule has 3 rings (SSSR count). The van der Waals surface area contributed by atoms with E-state index in [0.29, 0.717) is 12.5 Å². The van der Waals surface area contributed by atoms with Crippen molar-refractivity contribution in [1.29, 1.82) is 0 Å². The van der Waals surface area contributed by atoms with Gasteiger partial charge < -0.3 is 10.6 Å². The lowest BCUT2D eigenvalue weighted by atomic mass is 9.82. The summed E-state index contributed by atoms with van der Waals surface area (Å²) in [7, 11) is 0. The van der Waals surface area contributed by atoms with Gasteiger partial charge in [0.2, 0.25) is 0 Å². The average Bonchev–Trinajstić information content (AvgIpc) is 3.00. The topological polar surface area (TPSA) is 69.8 Å². The van der Waals surface area contributed by atoms with E-state index in [-0.39, 0.29) is 12.1 Å². The molecule has 1 saturated carbocycles. The maximum Gasteiger partial charge on any atom is 0.315 e. The Morgan fingerprint density at radius 1 is 1.22 bits per heavy atom. The number of aromatic amines is 1. The molecule has 0 atom stereocenters. The van der Waals surface area contributed by atoms with Crippen molar-refractivity contribution in [3.05, 3.63) is 53.3 Å². The van der Waals surface area contributed by atoms with Gasteiger partial charge >= 0.3 is 6.03 Å². The van der Waals surface area contributed by atoms with E-state index in [2.05, 4.69) is 51.2 Å². The van der Waals surface area contributed by atoms with Gasteiger partial charge in [0.05, 0.1) is 6.20 Å². The van der Waals surface area contributed by atoms with Gasteiger partial charge in [-0.05, 0) is 44.1 Å². The normalized spacial score (nSPS) is 20.9. The fourth-order valence-corrected chi connectivity index (χ4v) is 3.26. The van der Waals surface area contributed by atoms with Crippen LogP contribution in [0.1, 0.15) is 48.4 Å². The summed E-state index contributed by atoms with van der Waals surface area (Å²) in [4.78, 5) is 12.0. The predicted molar refractivity (Wildman–Crippen MR) is 90.1 cm³/mol. The average molecular weight is 312 g/mol. The summed E-state index contributed by atoms with van der Waals surface area (Å²) in [6, 6.07) is 10.9. The number of H-pyrrole nitrogens is 1. The number of aryl methyl sites for hydroxylation is 1. The maximum atomic E-state index is 12.0. The van der Waals surface area contributed by atoms with Gasteiger partial charge in [-0.15, -0.1) is 0 Å². The summed E-state index contributed by atoms with van der Waals surface area (Å²) < 4.78 is 0. The van der Waals surface area contributed by atoms with E-state index >= 15 is 0 Å². The van der Waals surface area contributed by atoms with Crippen molar-refractivity contribution < 1.29 is 4.79 Å². The van der Waals surface area contributed by atoms with Crippen LogP contribution in [0.5, 0.6) is 0 Å². The molecule has 1 aromatic heterocycles. The molecule has 5 heteroatoms. The van der Waals surface area contributed by atoms with Gasteiger partial charge in [0.25, 0.3) is 0 Å². The van der Waals surface area contributed by atoms with Crippen molar-refractivity contribution in [3.8, 4) is 0 Å². The number of nitrogens with one attached hydrogen (secondary N) is 3. The summed E-state index contributed by atoms with van der Waals surface area (Å²) in [5.74, 6) is 0.630. The molecule has 23 heavy (non-hydrogen) atoms. The lowest BCUT2D eigenvalue weighted by Gasteiger charge is -2.29. The minimum atomic E-state index is -0.0891. The van der Waals surface area contributed by atoms with E-state index in [1.807, 2.05) is 6.92 Å². The first-order valence-electron chi connectivity index (χ1n) is 8.30. The number of hydrogen-bond acceptors (Lipinski definition) is 2. The molecule has 2 aromatic rings. The summed E-state index contributed by atoms with van der Waals surface area (Å²) in [6.07, 6.45) is 6.10. The number of urea groups is 1. The van der Waals surface area contributed by atoms with Crippen LogP contribution in [-0.2, 0) is 6.54 Å². The lowest BCUT2D eigenvalue weighted by Crippen LogP contribution is -2.43. The molecule has 2 amide bonds. The largest absolute Gasteiger partial charge is 0.335 e. The molecule has 3 N–H and O–H groups in total. The number of benzene rings is 1. The summed E-state index contributed by atoms with van der Waals surface area (Å²) in [5.41, 5.74) is 3.44. The smallest absolute Gasteiger partial charge is 0.315 e. The van der Waals surface area contributed by atoms with E-state index in [4.69, 9.17) is 0 Å². The minimum Gasteiger partial charge on any atom is -0.335 e. The number of amides is 2. The Kier molecular flexibility index (Phi) is 4.95. The molecule has 0 aliphatic heterocycles. The van der Waals surface area contributed by atoms with Crippen LogP contribution in [0.2, 0.25) is 0 Å². The van der Waals surface area contributed by atoms with Crippen molar-refractivity contribution >= 4 is 6.03 Å². The van der Waals surface area contributed by atoms with Crippen molar-refractivity contribution in [3.63, 3.8) is 0 Å². The molecule has 5 nitrogen and oxygen atoms in total.